The standard InChI is InChI=1S/C10H13NO3/c1-3-7(2)14-10(13)9-6-8(12)4-5-11-9/h4-7H,3H2,1-2H3,(H,11,12). The summed E-state index contributed by atoms with van der Waals surface area (Å²) in [5, 5.41) is 0. The quantitative estimate of drug-likeness (QED) is 0.740. The minimum absolute atomic E-state index is 0.133. The van der Waals surface area contributed by atoms with E-state index in [2.05, 4.69) is 4.98 Å². The summed E-state index contributed by atoms with van der Waals surface area (Å²) in [7, 11) is 0. The van der Waals surface area contributed by atoms with Crippen LogP contribution >= 0.6 is 0 Å². The van der Waals surface area contributed by atoms with E-state index in [-0.39, 0.29) is 17.2 Å². The zero-order valence-electron chi connectivity index (χ0n) is 8.24. The highest BCUT2D eigenvalue weighted by Crippen LogP contribution is 2.01. The lowest BCUT2D eigenvalue weighted by Crippen LogP contribution is -2.16. The zero-order chi connectivity index (χ0) is 10.6. The lowest BCUT2D eigenvalue weighted by Gasteiger charge is -2.09. The van der Waals surface area contributed by atoms with Gasteiger partial charge in [-0.3, -0.25) is 4.79 Å². The lowest BCUT2D eigenvalue weighted by molar-refractivity contribution is 0.0327. The topological polar surface area (TPSA) is 59.2 Å². The van der Waals surface area contributed by atoms with E-state index in [1.54, 1.807) is 6.92 Å². The highest BCUT2D eigenvalue weighted by Gasteiger charge is 2.10. The van der Waals surface area contributed by atoms with Crippen molar-refractivity contribution in [3.05, 3.63) is 34.2 Å². The number of carbonyl (C=O) groups is 1. The number of rotatable bonds is 3. The molecule has 0 spiro atoms. The van der Waals surface area contributed by atoms with Crippen LogP contribution in [0.5, 0.6) is 0 Å². The van der Waals surface area contributed by atoms with Gasteiger partial charge in [-0.2, -0.15) is 0 Å². The number of nitrogens with one attached hydrogen (secondary N) is 1. The molecule has 0 amide bonds. The smallest absolute Gasteiger partial charge is 0.355 e. The monoisotopic (exact) mass is 195 g/mol. The van der Waals surface area contributed by atoms with Crippen molar-refractivity contribution in [2.24, 2.45) is 0 Å². The minimum Gasteiger partial charge on any atom is -0.458 e. The van der Waals surface area contributed by atoms with Crippen LogP contribution in [0.2, 0.25) is 0 Å². The van der Waals surface area contributed by atoms with Crippen LogP contribution in [0, 0.1) is 0 Å². The minimum atomic E-state index is -0.489. The first-order valence-electron chi connectivity index (χ1n) is 4.53. The van der Waals surface area contributed by atoms with Gasteiger partial charge in [-0.1, -0.05) is 6.92 Å². The van der Waals surface area contributed by atoms with E-state index in [0.29, 0.717) is 0 Å². The number of pyridine rings is 1. The predicted molar refractivity (Wildman–Crippen MR) is 52.2 cm³/mol. The highest BCUT2D eigenvalue weighted by atomic mass is 16.5. The molecule has 0 radical (unpaired) electrons. The summed E-state index contributed by atoms with van der Waals surface area (Å²) in [6, 6.07) is 2.57. The van der Waals surface area contributed by atoms with Gasteiger partial charge in [0.2, 0.25) is 0 Å². The van der Waals surface area contributed by atoms with E-state index in [1.807, 2.05) is 6.92 Å². The van der Waals surface area contributed by atoms with Gasteiger partial charge in [0, 0.05) is 18.3 Å². The van der Waals surface area contributed by atoms with E-state index in [4.69, 9.17) is 4.74 Å². The Morgan fingerprint density at radius 3 is 2.93 bits per heavy atom. The van der Waals surface area contributed by atoms with Crippen molar-refractivity contribution in [2.75, 3.05) is 0 Å². The van der Waals surface area contributed by atoms with Crippen LogP contribution in [-0.4, -0.2) is 17.1 Å². The largest absolute Gasteiger partial charge is 0.458 e. The van der Waals surface area contributed by atoms with Crippen molar-refractivity contribution < 1.29 is 9.53 Å². The van der Waals surface area contributed by atoms with Crippen molar-refractivity contribution in [1.29, 1.82) is 0 Å². The van der Waals surface area contributed by atoms with Crippen molar-refractivity contribution in [3.63, 3.8) is 0 Å². The Kier molecular flexibility index (Phi) is 3.45. The lowest BCUT2D eigenvalue weighted by atomic mass is 10.3. The molecule has 4 nitrogen and oxygen atoms in total. The normalized spacial score (nSPS) is 12.1. The van der Waals surface area contributed by atoms with Crippen LogP contribution in [0.4, 0.5) is 0 Å². The van der Waals surface area contributed by atoms with Crippen molar-refractivity contribution in [1.82, 2.24) is 4.98 Å². The Bertz CT molecular complexity index is 370. The Labute approximate surface area is 81.9 Å². The number of hydrogen-bond acceptors (Lipinski definition) is 3. The van der Waals surface area contributed by atoms with Crippen molar-refractivity contribution >= 4 is 5.97 Å². The van der Waals surface area contributed by atoms with Gasteiger partial charge in [-0.25, -0.2) is 4.79 Å². The summed E-state index contributed by atoms with van der Waals surface area (Å²) in [4.78, 5) is 25.0. The van der Waals surface area contributed by atoms with Gasteiger partial charge in [-0.15, -0.1) is 0 Å². The third-order valence-corrected chi connectivity index (χ3v) is 1.88. The van der Waals surface area contributed by atoms with Crippen LogP contribution in [0.1, 0.15) is 30.8 Å². The van der Waals surface area contributed by atoms with Crippen LogP contribution in [-0.2, 0) is 4.74 Å². The second-order valence-electron chi connectivity index (χ2n) is 3.06. The Morgan fingerprint density at radius 1 is 1.64 bits per heavy atom. The maximum Gasteiger partial charge on any atom is 0.355 e. The molecule has 1 heterocycles. The fourth-order valence-corrected chi connectivity index (χ4v) is 0.893. The van der Waals surface area contributed by atoms with Gasteiger partial charge in [-0.05, 0) is 13.3 Å². The van der Waals surface area contributed by atoms with E-state index in [1.165, 1.54) is 18.3 Å². The molecule has 0 bridgehead atoms. The van der Waals surface area contributed by atoms with Gasteiger partial charge in [0.05, 0.1) is 6.10 Å². The first kappa shape index (κ1) is 10.5. The molecule has 0 aliphatic rings. The van der Waals surface area contributed by atoms with Gasteiger partial charge in [0.15, 0.2) is 5.43 Å². The molecule has 1 rings (SSSR count). The average molecular weight is 195 g/mol. The number of esters is 1. The zero-order valence-corrected chi connectivity index (χ0v) is 8.24. The maximum atomic E-state index is 11.4. The van der Waals surface area contributed by atoms with Crippen LogP contribution in [0.25, 0.3) is 0 Å². The van der Waals surface area contributed by atoms with Gasteiger partial charge in [0.1, 0.15) is 5.69 Å². The van der Waals surface area contributed by atoms with Gasteiger partial charge >= 0.3 is 5.97 Å². The number of carbonyl (C=O) groups excluding carboxylic acids is 1. The molecule has 1 atom stereocenters. The van der Waals surface area contributed by atoms with Crippen molar-refractivity contribution in [3.8, 4) is 0 Å². The molecule has 0 saturated heterocycles. The Morgan fingerprint density at radius 2 is 2.36 bits per heavy atom. The first-order chi connectivity index (χ1) is 6.63. The Hall–Kier alpha value is -1.58. The van der Waals surface area contributed by atoms with E-state index >= 15 is 0 Å². The molecule has 0 aliphatic carbocycles. The summed E-state index contributed by atoms with van der Waals surface area (Å²) in [6.07, 6.45) is 2.05. The number of aromatic amines is 1. The molecule has 0 aliphatic heterocycles. The SMILES string of the molecule is CCC(C)OC(=O)c1cc(=O)cc[nH]1. The van der Waals surface area contributed by atoms with E-state index in [9.17, 15) is 9.59 Å². The van der Waals surface area contributed by atoms with Crippen molar-refractivity contribution in [2.45, 2.75) is 26.4 Å². The number of ether oxygens (including phenoxy) is 1. The molecule has 1 aromatic heterocycles. The molecule has 76 valence electrons. The summed E-state index contributed by atoms with van der Waals surface area (Å²) >= 11 is 0. The molecular formula is C10H13NO3. The molecule has 14 heavy (non-hydrogen) atoms. The Balaban J connectivity index is 2.75. The van der Waals surface area contributed by atoms with Gasteiger partial charge in [0.25, 0.3) is 0 Å². The third-order valence-electron chi connectivity index (χ3n) is 1.88. The second-order valence-corrected chi connectivity index (χ2v) is 3.06. The molecule has 4 heteroatoms. The maximum absolute atomic E-state index is 11.4. The third kappa shape index (κ3) is 2.73. The highest BCUT2D eigenvalue weighted by molar-refractivity contribution is 5.87. The molecular weight excluding hydrogens is 182 g/mol. The predicted octanol–water partition coefficient (Wildman–Crippen LogP) is 1.33. The summed E-state index contributed by atoms with van der Waals surface area (Å²) < 4.78 is 5.03. The van der Waals surface area contributed by atoms with Gasteiger partial charge < -0.3 is 9.72 Å². The van der Waals surface area contributed by atoms with Crippen LogP contribution < -0.4 is 5.43 Å². The summed E-state index contributed by atoms with van der Waals surface area (Å²) in [5.74, 6) is -0.489. The molecule has 0 saturated carbocycles. The first-order valence-corrected chi connectivity index (χ1v) is 4.53. The number of hydrogen-bond donors (Lipinski definition) is 1. The molecule has 0 aromatic carbocycles. The summed E-state index contributed by atoms with van der Waals surface area (Å²) in [5.41, 5.74) is -0.0161. The van der Waals surface area contributed by atoms with E-state index < -0.39 is 5.97 Å². The van der Waals surface area contributed by atoms with Crippen LogP contribution in [0.15, 0.2) is 23.1 Å². The number of H-pyrrole nitrogens is 1. The fraction of sp³-hybridized carbons (Fsp3) is 0.400. The van der Waals surface area contributed by atoms with E-state index in [0.717, 1.165) is 6.42 Å². The second kappa shape index (κ2) is 4.60. The molecule has 1 aromatic rings. The molecule has 1 N–H and O–H groups in total. The summed E-state index contributed by atoms with van der Waals surface area (Å²) in [6.45, 7) is 3.73. The fourth-order valence-electron chi connectivity index (χ4n) is 0.893. The number of aromatic nitrogens is 1. The molecule has 1 unspecified atom stereocenters. The van der Waals surface area contributed by atoms with Crippen LogP contribution in [0.3, 0.4) is 0 Å². The molecule has 0 fully saturated rings. The average Bonchev–Trinajstić information content (AvgIpc) is 2.17.